The predicted molar refractivity (Wildman–Crippen MR) is 64.4 cm³/mol. The van der Waals surface area contributed by atoms with Crippen molar-refractivity contribution in [3.05, 3.63) is 30.3 Å². The van der Waals surface area contributed by atoms with Gasteiger partial charge < -0.3 is 0 Å². The minimum atomic E-state index is 0.644. The highest BCUT2D eigenvalue weighted by molar-refractivity contribution is 7.97. The number of nitrogens with zero attached hydrogens (tertiary/aromatic N) is 1. The lowest BCUT2D eigenvalue weighted by atomic mass is 10.3. The number of rotatable bonds is 5. The zero-order valence-corrected chi connectivity index (χ0v) is 10.1. The molecule has 1 unspecified atom stereocenters. The van der Waals surface area contributed by atoms with Crippen LogP contribution in [0, 0.1) is 0 Å². The smallest absolute Gasteiger partial charge is 0.0230 e. The van der Waals surface area contributed by atoms with Crippen molar-refractivity contribution in [3.8, 4) is 0 Å². The monoisotopic (exact) mass is 209 g/mol. The highest BCUT2D eigenvalue weighted by atomic mass is 32.2. The van der Waals surface area contributed by atoms with Crippen molar-refractivity contribution in [2.45, 2.75) is 38.1 Å². The zero-order valence-electron chi connectivity index (χ0n) is 9.23. The Bertz CT molecular complexity index is 248. The molecule has 0 saturated carbocycles. The van der Waals surface area contributed by atoms with Gasteiger partial charge in [0.25, 0.3) is 0 Å². The van der Waals surface area contributed by atoms with Crippen LogP contribution in [0.25, 0.3) is 0 Å². The summed E-state index contributed by atoms with van der Waals surface area (Å²) in [5, 5.41) is 0. The van der Waals surface area contributed by atoms with Crippen LogP contribution in [0.15, 0.2) is 35.2 Å². The summed E-state index contributed by atoms with van der Waals surface area (Å²) in [6.07, 6.45) is 1.20. The summed E-state index contributed by atoms with van der Waals surface area (Å²) in [6.45, 7) is 7.81. The molecule has 1 aromatic carbocycles. The largest absolute Gasteiger partial charge is 0.244 e. The standard InChI is InChI=1S/C12H19NS/c1-4-11(3)13(5-2)14-12-9-7-6-8-10-12/h6-11H,4-5H2,1-3H3. The van der Waals surface area contributed by atoms with Gasteiger partial charge in [0.1, 0.15) is 0 Å². The molecule has 0 aromatic heterocycles. The summed E-state index contributed by atoms with van der Waals surface area (Å²) in [5.41, 5.74) is 0. The van der Waals surface area contributed by atoms with Gasteiger partial charge >= 0.3 is 0 Å². The fourth-order valence-electron chi connectivity index (χ4n) is 1.29. The van der Waals surface area contributed by atoms with Crippen LogP contribution in [-0.4, -0.2) is 16.9 Å². The maximum atomic E-state index is 2.43. The minimum absolute atomic E-state index is 0.644. The van der Waals surface area contributed by atoms with Crippen LogP contribution in [0.1, 0.15) is 27.2 Å². The van der Waals surface area contributed by atoms with Crippen LogP contribution in [0.5, 0.6) is 0 Å². The third-order valence-corrected chi connectivity index (χ3v) is 3.70. The van der Waals surface area contributed by atoms with E-state index in [1.165, 1.54) is 11.3 Å². The molecule has 0 bridgehead atoms. The molecule has 0 aliphatic rings. The second-order valence-corrected chi connectivity index (χ2v) is 4.52. The molecule has 0 fully saturated rings. The van der Waals surface area contributed by atoms with Crippen LogP contribution in [0.4, 0.5) is 0 Å². The molecular formula is C12H19NS. The molecule has 0 aliphatic heterocycles. The van der Waals surface area contributed by atoms with E-state index in [1.807, 2.05) is 11.9 Å². The highest BCUT2D eigenvalue weighted by Gasteiger charge is 2.10. The Kier molecular flexibility index (Phi) is 5.05. The van der Waals surface area contributed by atoms with Crippen molar-refractivity contribution in [2.24, 2.45) is 0 Å². The van der Waals surface area contributed by atoms with E-state index in [1.54, 1.807) is 0 Å². The van der Waals surface area contributed by atoms with E-state index < -0.39 is 0 Å². The van der Waals surface area contributed by atoms with Gasteiger partial charge in [-0.05, 0) is 37.4 Å². The van der Waals surface area contributed by atoms with E-state index in [0.717, 1.165) is 6.54 Å². The van der Waals surface area contributed by atoms with Gasteiger partial charge in [-0.25, -0.2) is 4.31 Å². The molecule has 78 valence electrons. The molecule has 1 rings (SSSR count). The van der Waals surface area contributed by atoms with Crippen LogP contribution in [-0.2, 0) is 0 Å². The fraction of sp³-hybridized carbons (Fsp3) is 0.500. The Hall–Kier alpha value is -0.470. The summed E-state index contributed by atoms with van der Waals surface area (Å²) < 4.78 is 2.43. The molecule has 0 radical (unpaired) electrons. The van der Waals surface area contributed by atoms with Gasteiger partial charge in [-0.2, -0.15) is 0 Å². The maximum Gasteiger partial charge on any atom is 0.0230 e. The van der Waals surface area contributed by atoms with E-state index in [4.69, 9.17) is 0 Å². The maximum absolute atomic E-state index is 2.43. The first kappa shape index (κ1) is 11.6. The Morgan fingerprint density at radius 1 is 1.21 bits per heavy atom. The topological polar surface area (TPSA) is 3.24 Å². The van der Waals surface area contributed by atoms with Crippen molar-refractivity contribution in [3.63, 3.8) is 0 Å². The van der Waals surface area contributed by atoms with Gasteiger partial charge in [0.05, 0.1) is 0 Å². The molecule has 0 N–H and O–H groups in total. The number of benzene rings is 1. The number of hydrogen-bond donors (Lipinski definition) is 0. The minimum Gasteiger partial charge on any atom is -0.244 e. The van der Waals surface area contributed by atoms with Crippen LogP contribution in [0.3, 0.4) is 0 Å². The van der Waals surface area contributed by atoms with E-state index in [0.29, 0.717) is 6.04 Å². The molecule has 0 saturated heterocycles. The molecule has 0 aliphatic carbocycles. The second kappa shape index (κ2) is 6.10. The SMILES string of the molecule is CCC(C)N(CC)Sc1ccccc1. The summed E-state index contributed by atoms with van der Waals surface area (Å²) in [5.74, 6) is 0. The molecule has 14 heavy (non-hydrogen) atoms. The van der Waals surface area contributed by atoms with Gasteiger partial charge in [-0.1, -0.05) is 32.0 Å². The van der Waals surface area contributed by atoms with Crippen molar-refractivity contribution >= 4 is 11.9 Å². The molecule has 0 heterocycles. The van der Waals surface area contributed by atoms with Crippen molar-refractivity contribution in [1.82, 2.24) is 4.31 Å². The first-order valence-corrected chi connectivity index (χ1v) is 6.05. The van der Waals surface area contributed by atoms with Crippen LogP contribution in [0.2, 0.25) is 0 Å². The molecule has 0 amide bonds. The Morgan fingerprint density at radius 3 is 2.36 bits per heavy atom. The van der Waals surface area contributed by atoms with Crippen LogP contribution >= 0.6 is 11.9 Å². The lowest BCUT2D eigenvalue weighted by Gasteiger charge is -2.25. The van der Waals surface area contributed by atoms with Gasteiger partial charge in [0, 0.05) is 17.5 Å². The highest BCUT2D eigenvalue weighted by Crippen LogP contribution is 2.24. The Morgan fingerprint density at radius 2 is 1.86 bits per heavy atom. The van der Waals surface area contributed by atoms with Gasteiger partial charge in [0.2, 0.25) is 0 Å². The summed E-state index contributed by atoms with van der Waals surface area (Å²) >= 11 is 1.85. The van der Waals surface area contributed by atoms with Crippen molar-refractivity contribution in [1.29, 1.82) is 0 Å². The van der Waals surface area contributed by atoms with Gasteiger partial charge in [-0.15, -0.1) is 0 Å². The lowest BCUT2D eigenvalue weighted by molar-refractivity contribution is 0.380. The third-order valence-electron chi connectivity index (χ3n) is 2.36. The second-order valence-electron chi connectivity index (χ2n) is 3.39. The van der Waals surface area contributed by atoms with Gasteiger partial charge in [-0.3, -0.25) is 0 Å². The van der Waals surface area contributed by atoms with E-state index in [-0.39, 0.29) is 0 Å². The third kappa shape index (κ3) is 3.35. The molecule has 1 atom stereocenters. The molecule has 2 heteroatoms. The summed E-state index contributed by atoms with van der Waals surface area (Å²) in [7, 11) is 0. The Labute approximate surface area is 91.6 Å². The summed E-state index contributed by atoms with van der Waals surface area (Å²) in [4.78, 5) is 1.33. The van der Waals surface area contributed by atoms with E-state index in [2.05, 4.69) is 55.4 Å². The number of hydrogen-bond acceptors (Lipinski definition) is 2. The quantitative estimate of drug-likeness (QED) is 0.678. The average molecular weight is 209 g/mol. The van der Waals surface area contributed by atoms with Crippen molar-refractivity contribution in [2.75, 3.05) is 6.54 Å². The molecule has 0 spiro atoms. The first-order valence-electron chi connectivity index (χ1n) is 5.27. The molecular weight excluding hydrogens is 190 g/mol. The lowest BCUT2D eigenvalue weighted by Crippen LogP contribution is -2.25. The average Bonchev–Trinajstić information content (AvgIpc) is 2.26. The van der Waals surface area contributed by atoms with Crippen LogP contribution < -0.4 is 0 Å². The summed E-state index contributed by atoms with van der Waals surface area (Å²) in [6, 6.07) is 11.2. The Balaban J connectivity index is 2.57. The van der Waals surface area contributed by atoms with Gasteiger partial charge in [0.15, 0.2) is 0 Å². The fourth-order valence-corrected chi connectivity index (χ4v) is 2.29. The predicted octanol–water partition coefficient (Wildman–Crippen LogP) is 3.81. The normalized spacial score (nSPS) is 13.1. The van der Waals surface area contributed by atoms with Crippen molar-refractivity contribution < 1.29 is 0 Å². The zero-order chi connectivity index (χ0) is 10.4. The molecule has 1 nitrogen and oxygen atoms in total. The van der Waals surface area contributed by atoms with E-state index in [9.17, 15) is 0 Å². The molecule has 1 aromatic rings. The van der Waals surface area contributed by atoms with E-state index >= 15 is 0 Å². The first-order chi connectivity index (χ1) is 6.77.